The van der Waals surface area contributed by atoms with Gasteiger partial charge in [0.2, 0.25) is 0 Å². The highest BCUT2D eigenvalue weighted by molar-refractivity contribution is 6.09. The summed E-state index contributed by atoms with van der Waals surface area (Å²) in [6.45, 7) is 2.84. The minimum absolute atomic E-state index is 0.195. The van der Waals surface area contributed by atoms with Crippen molar-refractivity contribution in [2.45, 2.75) is 38.6 Å². The lowest BCUT2D eigenvalue weighted by atomic mass is 9.86. The van der Waals surface area contributed by atoms with Crippen LogP contribution in [-0.2, 0) is 6.42 Å². The van der Waals surface area contributed by atoms with Gasteiger partial charge in [-0.25, -0.2) is 8.78 Å². The Balaban J connectivity index is 1.21. The fourth-order valence-corrected chi connectivity index (χ4v) is 4.75. The molecule has 1 unspecified atom stereocenters. The smallest absolute Gasteiger partial charge is 0.255 e. The van der Waals surface area contributed by atoms with E-state index in [1.807, 2.05) is 24.4 Å². The predicted molar refractivity (Wildman–Crippen MR) is 136 cm³/mol. The van der Waals surface area contributed by atoms with Crippen molar-refractivity contribution >= 4 is 17.3 Å². The average Bonchev–Trinajstić information content (AvgIpc) is 3.28. The lowest BCUT2D eigenvalue weighted by Gasteiger charge is -2.26. The van der Waals surface area contributed by atoms with Crippen LogP contribution in [0.15, 0.2) is 94.4 Å². The summed E-state index contributed by atoms with van der Waals surface area (Å²) in [6, 6.07) is 11.7. The van der Waals surface area contributed by atoms with Crippen molar-refractivity contribution in [3.8, 4) is 0 Å². The molecule has 1 aliphatic carbocycles. The first kappa shape index (κ1) is 23.1. The zero-order valence-corrected chi connectivity index (χ0v) is 19.6. The number of aryl methyl sites for hydroxylation is 2. The maximum Gasteiger partial charge on any atom is 0.255 e. The molecule has 2 N–H and O–H groups in total. The van der Waals surface area contributed by atoms with Gasteiger partial charge in [0.15, 0.2) is 0 Å². The number of halogens is 2. The van der Waals surface area contributed by atoms with Gasteiger partial charge in [-0.3, -0.25) is 9.79 Å². The van der Waals surface area contributed by atoms with Crippen molar-refractivity contribution in [1.82, 2.24) is 5.32 Å². The molecular weight excluding hydrogens is 444 g/mol. The molecule has 0 fully saturated rings. The summed E-state index contributed by atoms with van der Waals surface area (Å²) in [5, 5.41) is 6.48. The number of carbonyl (C=O) groups excluding carboxylic acids is 1. The highest BCUT2D eigenvalue weighted by Gasteiger charge is 2.26. The van der Waals surface area contributed by atoms with E-state index in [0.717, 1.165) is 48.4 Å². The number of aliphatic imine (C=N–C) groups is 1. The molecule has 2 heterocycles. The monoisotopic (exact) mass is 471 g/mol. The van der Waals surface area contributed by atoms with Crippen LogP contribution >= 0.6 is 0 Å². The van der Waals surface area contributed by atoms with Gasteiger partial charge in [0.25, 0.3) is 5.91 Å². The van der Waals surface area contributed by atoms with Crippen molar-refractivity contribution in [1.29, 1.82) is 0 Å². The molecule has 0 aromatic heterocycles. The van der Waals surface area contributed by atoms with Gasteiger partial charge >= 0.3 is 0 Å². The number of hydrogen-bond acceptors (Lipinski definition) is 3. The van der Waals surface area contributed by atoms with Gasteiger partial charge in [0.05, 0.1) is 5.71 Å². The number of amides is 1. The molecule has 2 aromatic carbocycles. The number of rotatable bonds is 6. The SMILES string of the molecule is Cc1ccc(NC(=O)c2ccc(F)cc2)cc1CCC1CC(C2=CN=C3CC=C(F)C=C23)=CCN1. The molecule has 5 rings (SSSR count). The first-order valence-electron chi connectivity index (χ1n) is 11.9. The molecular formula is C29H27F2N3O. The maximum absolute atomic E-state index is 13.8. The second-order valence-corrected chi connectivity index (χ2v) is 9.15. The molecule has 2 aromatic rings. The summed E-state index contributed by atoms with van der Waals surface area (Å²) < 4.78 is 27.0. The quantitative estimate of drug-likeness (QED) is 0.533. The molecule has 178 valence electrons. The lowest BCUT2D eigenvalue weighted by molar-refractivity contribution is 0.102. The van der Waals surface area contributed by atoms with Gasteiger partial charge < -0.3 is 10.6 Å². The summed E-state index contributed by atoms with van der Waals surface area (Å²) >= 11 is 0. The van der Waals surface area contributed by atoms with E-state index in [1.54, 1.807) is 12.2 Å². The van der Waals surface area contributed by atoms with E-state index in [9.17, 15) is 13.6 Å². The predicted octanol–water partition coefficient (Wildman–Crippen LogP) is 6.13. The fraction of sp³-hybridized carbons (Fsp3) is 0.241. The van der Waals surface area contributed by atoms with Crippen LogP contribution in [0.1, 0.15) is 40.7 Å². The molecule has 0 saturated heterocycles. The van der Waals surface area contributed by atoms with Crippen molar-refractivity contribution in [2.75, 3.05) is 11.9 Å². The van der Waals surface area contributed by atoms with Gasteiger partial charge in [0.1, 0.15) is 11.6 Å². The minimum atomic E-state index is -0.370. The number of nitrogens with zero attached hydrogens (tertiary/aromatic N) is 1. The van der Waals surface area contributed by atoms with Crippen LogP contribution in [0.25, 0.3) is 0 Å². The van der Waals surface area contributed by atoms with Gasteiger partial charge in [-0.15, -0.1) is 0 Å². The number of allylic oxidation sites excluding steroid dienone is 5. The molecule has 0 spiro atoms. The number of hydrogen-bond donors (Lipinski definition) is 2. The van der Waals surface area contributed by atoms with Crippen LogP contribution in [0.2, 0.25) is 0 Å². The molecule has 6 heteroatoms. The molecule has 4 nitrogen and oxygen atoms in total. The Hall–Kier alpha value is -3.64. The van der Waals surface area contributed by atoms with E-state index in [2.05, 4.69) is 28.6 Å². The molecule has 1 atom stereocenters. The Bertz CT molecular complexity index is 1320. The summed E-state index contributed by atoms with van der Waals surface area (Å²) in [4.78, 5) is 17.0. The second-order valence-electron chi connectivity index (χ2n) is 9.15. The Morgan fingerprint density at radius 2 is 1.94 bits per heavy atom. The fourth-order valence-electron chi connectivity index (χ4n) is 4.75. The van der Waals surface area contributed by atoms with Crippen LogP contribution in [0.4, 0.5) is 14.5 Å². The Morgan fingerprint density at radius 3 is 2.77 bits per heavy atom. The summed E-state index contributed by atoms with van der Waals surface area (Å²) in [6.07, 6.45) is 10.4. The second kappa shape index (κ2) is 9.92. The minimum Gasteiger partial charge on any atom is -0.322 e. The Labute approximate surface area is 203 Å². The van der Waals surface area contributed by atoms with E-state index in [-0.39, 0.29) is 17.6 Å². The molecule has 2 aliphatic heterocycles. The number of nitrogens with one attached hydrogen (secondary N) is 2. The third kappa shape index (κ3) is 5.23. The van der Waals surface area contributed by atoms with Gasteiger partial charge in [0, 0.05) is 47.6 Å². The Morgan fingerprint density at radius 1 is 1.11 bits per heavy atom. The highest BCUT2D eigenvalue weighted by atomic mass is 19.1. The molecule has 35 heavy (non-hydrogen) atoms. The summed E-state index contributed by atoms with van der Waals surface area (Å²) in [5.41, 5.74) is 7.58. The van der Waals surface area contributed by atoms with E-state index in [4.69, 9.17) is 0 Å². The first-order chi connectivity index (χ1) is 17.0. The normalized spacial score (nSPS) is 19.2. The van der Waals surface area contributed by atoms with Crippen LogP contribution in [-0.4, -0.2) is 24.2 Å². The largest absolute Gasteiger partial charge is 0.322 e. The number of benzene rings is 2. The standard InChI is InChI=1S/C29H27F2N3O/c1-18-2-9-25(34-29(35)19-3-6-22(30)7-4-19)14-20(18)5-10-24-15-21(12-13-32-24)27-17-33-28-11-8-23(31)16-26(27)28/h2-4,6-9,12,14,16-17,24,32H,5,10-11,13,15H2,1H3,(H,34,35). The molecule has 0 radical (unpaired) electrons. The van der Waals surface area contributed by atoms with Crippen LogP contribution < -0.4 is 10.6 Å². The number of carbonyl (C=O) groups is 1. The average molecular weight is 472 g/mol. The topological polar surface area (TPSA) is 53.5 Å². The van der Waals surface area contributed by atoms with Crippen LogP contribution in [0.5, 0.6) is 0 Å². The molecule has 0 bridgehead atoms. The number of fused-ring (bicyclic) bond motifs is 1. The van der Waals surface area contributed by atoms with Crippen molar-refractivity contribution in [3.63, 3.8) is 0 Å². The van der Waals surface area contributed by atoms with Crippen LogP contribution in [0, 0.1) is 12.7 Å². The van der Waals surface area contributed by atoms with Crippen molar-refractivity contribution in [3.05, 3.63) is 112 Å². The summed E-state index contributed by atoms with van der Waals surface area (Å²) in [5.74, 6) is -0.830. The van der Waals surface area contributed by atoms with Crippen molar-refractivity contribution in [2.24, 2.45) is 4.99 Å². The molecule has 1 amide bonds. The van der Waals surface area contributed by atoms with E-state index >= 15 is 0 Å². The third-order valence-electron chi connectivity index (χ3n) is 6.77. The van der Waals surface area contributed by atoms with E-state index in [1.165, 1.54) is 41.0 Å². The molecule has 3 aliphatic rings. The zero-order valence-electron chi connectivity index (χ0n) is 19.6. The van der Waals surface area contributed by atoms with Gasteiger partial charge in [-0.2, -0.15) is 0 Å². The van der Waals surface area contributed by atoms with Crippen LogP contribution in [0.3, 0.4) is 0 Å². The molecule has 0 saturated carbocycles. The summed E-state index contributed by atoms with van der Waals surface area (Å²) in [7, 11) is 0. The van der Waals surface area contributed by atoms with Gasteiger partial charge in [-0.05, 0) is 91.4 Å². The first-order valence-corrected chi connectivity index (χ1v) is 11.9. The third-order valence-corrected chi connectivity index (χ3v) is 6.77. The Kier molecular flexibility index (Phi) is 6.55. The van der Waals surface area contributed by atoms with E-state index in [0.29, 0.717) is 18.0 Å². The maximum atomic E-state index is 13.8. The van der Waals surface area contributed by atoms with Crippen molar-refractivity contribution < 1.29 is 13.6 Å². The number of anilines is 1. The highest BCUT2D eigenvalue weighted by Crippen LogP contribution is 2.35. The zero-order chi connectivity index (χ0) is 24.4. The van der Waals surface area contributed by atoms with Gasteiger partial charge in [-0.1, -0.05) is 12.1 Å². The lowest BCUT2D eigenvalue weighted by Crippen LogP contribution is -2.34. The van der Waals surface area contributed by atoms with E-state index < -0.39 is 0 Å².